The Hall–Kier alpha value is -1.14. The Morgan fingerprint density at radius 1 is 0.509 bits per heavy atom. The van der Waals surface area contributed by atoms with Gasteiger partial charge in [0.05, 0.1) is 19.1 Å². The lowest BCUT2D eigenvalue weighted by Crippen LogP contribution is -2.31. The molecule has 0 aliphatic heterocycles. The molecule has 0 aromatic carbocycles. The van der Waals surface area contributed by atoms with Gasteiger partial charge < -0.3 is 20.1 Å². The molecule has 0 aromatic rings. The molecule has 55 heavy (non-hydrogen) atoms. The van der Waals surface area contributed by atoms with E-state index < -0.39 is 0 Å². The highest BCUT2D eigenvalue weighted by atomic mass is 16.5. The molecule has 6 heteroatoms. The molecule has 0 rings (SSSR count). The summed E-state index contributed by atoms with van der Waals surface area (Å²) in [5, 5.41) is 0. The number of unbranched alkanes of at least 4 members (excludes halogenated alkanes) is 22. The van der Waals surface area contributed by atoms with E-state index >= 15 is 0 Å². The molecule has 0 saturated carbocycles. The summed E-state index contributed by atoms with van der Waals surface area (Å²) >= 11 is 0. The van der Waals surface area contributed by atoms with Crippen molar-refractivity contribution in [3.8, 4) is 0 Å². The molecule has 0 fully saturated rings. The van der Waals surface area contributed by atoms with Crippen molar-refractivity contribution in [3.63, 3.8) is 0 Å². The molecule has 2 N–H and O–H groups in total. The van der Waals surface area contributed by atoms with Crippen LogP contribution in [0.25, 0.3) is 0 Å². The van der Waals surface area contributed by atoms with Crippen molar-refractivity contribution in [3.05, 3.63) is 0 Å². The molecule has 0 aliphatic carbocycles. The summed E-state index contributed by atoms with van der Waals surface area (Å²) in [4.78, 5) is 25.4. The highest BCUT2D eigenvalue weighted by molar-refractivity contribution is 5.72. The zero-order valence-electron chi connectivity index (χ0n) is 38.8. The molecule has 0 amide bonds. The molecular weight excluding hydrogens is 681 g/mol. The van der Waals surface area contributed by atoms with Gasteiger partial charge in [-0.1, -0.05) is 215 Å². The largest absolute Gasteiger partial charge is 0.468 e. The van der Waals surface area contributed by atoms with Crippen LogP contribution in [0.15, 0.2) is 0 Å². The third-order valence-corrected chi connectivity index (χ3v) is 10.9. The number of rotatable bonds is 42. The first-order chi connectivity index (χ1) is 27.0. The normalized spacial score (nSPS) is 12.0. The highest BCUT2D eigenvalue weighted by Crippen LogP contribution is 2.21. The van der Waals surface area contributed by atoms with Crippen LogP contribution in [0.5, 0.6) is 0 Å². The van der Waals surface area contributed by atoms with Gasteiger partial charge in [-0.05, 0) is 57.5 Å². The first-order valence-corrected chi connectivity index (χ1v) is 24.6. The number of carbonyl (C=O) groups is 2. The second kappa shape index (κ2) is 52.9. The van der Waals surface area contributed by atoms with Gasteiger partial charge in [0.15, 0.2) is 0 Å². The third-order valence-electron chi connectivity index (χ3n) is 10.9. The van der Waals surface area contributed by atoms with Crippen molar-refractivity contribution in [2.45, 2.75) is 254 Å². The number of nitrogens with zero attached hydrogens (tertiary/aromatic N) is 1. The topological polar surface area (TPSA) is 81.9 Å². The number of esters is 1. The summed E-state index contributed by atoms with van der Waals surface area (Å²) in [6.45, 7) is 20.9. The fourth-order valence-corrected chi connectivity index (χ4v) is 7.23. The fraction of sp³-hybridized carbons (Fsp3) is 0.959. The molecular formula is C49H102N2O4. The van der Waals surface area contributed by atoms with Crippen molar-refractivity contribution in [2.24, 2.45) is 17.6 Å². The van der Waals surface area contributed by atoms with E-state index in [1.54, 1.807) is 0 Å². The minimum atomic E-state index is 0.0527. The molecule has 0 heterocycles. The molecule has 0 bridgehead atoms. The van der Waals surface area contributed by atoms with Crippen LogP contribution in [0.2, 0.25) is 0 Å². The summed E-state index contributed by atoms with van der Waals surface area (Å²) in [6, 6.07) is 0. The average Bonchev–Trinajstić information content (AvgIpc) is 3.20. The van der Waals surface area contributed by atoms with E-state index in [1.807, 2.05) is 13.8 Å². The van der Waals surface area contributed by atoms with Gasteiger partial charge in [0.25, 0.3) is 6.47 Å². The summed E-state index contributed by atoms with van der Waals surface area (Å²) in [5.41, 5.74) is 5.80. The lowest BCUT2D eigenvalue weighted by Gasteiger charge is -2.21. The van der Waals surface area contributed by atoms with Crippen molar-refractivity contribution >= 4 is 12.4 Å². The molecule has 0 aliphatic rings. The third kappa shape index (κ3) is 48.9. The lowest BCUT2D eigenvalue weighted by atomic mass is 9.94. The van der Waals surface area contributed by atoms with Gasteiger partial charge in [0, 0.05) is 13.1 Å². The minimum absolute atomic E-state index is 0.0527. The Morgan fingerprint density at radius 2 is 0.873 bits per heavy atom. The van der Waals surface area contributed by atoms with Crippen LogP contribution in [0.3, 0.4) is 0 Å². The van der Waals surface area contributed by atoms with Gasteiger partial charge in [-0.3, -0.25) is 9.59 Å². The summed E-state index contributed by atoms with van der Waals surface area (Å²) in [5.74, 6) is 1.13. The zero-order valence-corrected chi connectivity index (χ0v) is 38.8. The van der Waals surface area contributed by atoms with E-state index in [2.05, 4.69) is 39.5 Å². The van der Waals surface area contributed by atoms with Crippen LogP contribution in [0.4, 0.5) is 0 Å². The van der Waals surface area contributed by atoms with E-state index in [0.717, 1.165) is 89.8 Å². The van der Waals surface area contributed by atoms with Crippen LogP contribution in [-0.4, -0.2) is 56.7 Å². The first-order valence-electron chi connectivity index (χ1n) is 24.6. The monoisotopic (exact) mass is 783 g/mol. The van der Waals surface area contributed by atoms with Gasteiger partial charge in [-0.15, -0.1) is 0 Å². The van der Waals surface area contributed by atoms with Gasteiger partial charge in [0.2, 0.25) is 0 Å². The maximum Gasteiger partial charge on any atom is 0.308 e. The van der Waals surface area contributed by atoms with Crippen molar-refractivity contribution in [1.29, 1.82) is 0 Å². The highest BCUT2D eigenvalue weighted by Gasteiger charge is 2.19. The predicted octanol–water partition coefficient (Wildman–Crippen LogP) is 14.8. The van der Waals surface area contributed by atoms with Crippen LogP contribution < -0.4 is 5.73 Å². The molecule has 6 nitrogen and oxygen atoms in total. The Bertz CT molecular complexity index is 706. The Kier molecular flexibility index (Phi) is 55.9. The molecule has 0 spiro atoms. The van der Waals surface area contributed by atoms with E-state index in [1.165, 1.54) is 141 Å². The number of nitrogens with two attached hydrogens (primary N) is 1. The van der Waals surface area contributed by atoms with Crippen LogP contribution in [-0.2, 0) is 19.1 Å². The Labute approximate surface area is 346 Å². The molecule has 2 unspecified atom stereocenters. The lowest BCUT2D eigenvalue weighted by molar-refractivity contribution is -0.149. The average molecular weight is 783 g/mol. The molecule has 0 saturated heterocycles. The second-order valence-corrected chi connectivity index (χ2v) is 16.2. The van der Waals surface area contributed by atoms with Gasteiger partial charge >= 0.3 is 5.97 Å². The van der Waals surface area contributed by atoms with E-state index in [4.69, 9.17) is 15.2 Å². The number of hydrogen-bond acceptors (Lipinski definition) is 6. The van der Waals surface area contributed by atoms with Crippen LogP contribution in [0.1, 0.15) is 254 Å². The van der Waals surface area contributed by atoms with Gasteiger partial charge in [-0.2, -0.15) is 0 Å². The predicted molar refractivity (Wildman–Crippen MR) is 243 cm³/mol. The minimum Gasteiger partial charge on any atom is -0.468 e. The van der Waals surface area contributed by atoms with Crippen LogP contribution >= 0.6 is 0 Å². The SMILES string of the molecule is CC.CCCCCCCCC(C)CCCCCC.CCCCCCCCC(CCCCCC)C(=O)OCCCCCCN(CCN)CCCCCCOC=O. The summed E-state index contributed by atoms with van der Waals surface area (Å²) in [6.07, 6.45) is 40.6. The molecule has 0 aromatic heterocycles. The van der Waals surface area contributed by atoms with Crippen LogP contribution in [0, 0.1) is 11.8 Å². The summed E-state index contributed by atoms with van der Waals surface area (Å²) in [7, 11) is 0. The standard InChI is InChI=1S/C31H62N2O4.C16H34.C2H6/c1-3-5-7-9-10-16-22-30(21-15-8-6-4-2)31(35)37-28-20-14-12-18-25-33(26-23-32)24-17-11-13-19-27-36-29-34;1-4-6-8-10-11-13-15-16(3)14-12-9-7-5-2;1-2/h29-30H,3-28,32H2,1-2H3;16H,4-15H2,1-3H3;1-2H3. The number of hydrogen-bond donors (Lipinski definition) is 1. The fourth-order valence-electron chi connectivity index (χ4n) is 7.23. The van der Waals surface area contributed by atoms with Crippen molar-refractivity contribution < 1.29 is 19.1 Å². The van der Waals surface area contributed by atoms with Crippen molar-refractivity contribution in [1.82, 2.24) is 4.90 Å². The number of ether oxygens (including phenoxy) is 2. The molecule has 0 radical (unpaired) electrons. The second-order valence-electron chi connectivity index (χ2n) is 16.2. The van der Waals surface area contributed by atoms with E-state index in [9.17, 15) is 9.59 Å². The Balaban J connectivity index is -0.00000125. The van der Waals surface area contributed by atoms with E-state index in [0.29, 0.717) is 26.2 Å². The smallest absolute Gasteiger partial charge is 0.308 e. The maximum atomic E-state index is 12.8. The van der Waals surface area contributed by atoms with Gasteiger partial charge in [0.1, 0.15) is 0 Å². The van der Waals surface area contributed by atoms with Crippen molar-refractivity contribution in [2.75, 3.05) is 39.4 Å². The van der Waals surface area contributed by atoms with Gasteiger partial charge in [-0.25, -0.2) is 0 Å². The summed E-state index contributed by atoms with van der Waals surface area (Å²) < 4.78 is 10.5. The maximum absolute atomic E-state index is 12.8. The zero-order chi connectivity index (χ0) is 41.3. The quantitative estimate of drug-likeness (QED) is 0.0377. The molecule has 332 valence electrons. The van der Waals surface area contributed by atoms with E-state index in [-0.39, 0.29) is 11.9 Å². The first kappa shape index (κ1) is 58.2. The Morgan fingerprint density at radius 3 is 1.31 bits per heavy atom. The molecule has 2 atom stereocenters. The number of carbonyl (C=O) groups excluding carboxylic acids is 2.